The second-order valence-electron chi connectivity index (χ2n) is 8.71. The van der Waals surface area contributed by atoms with Crippen LogP contribution in [0.4, 0.5) is 10.5 Å². The fraction of sp³-hybridized carbons (Fsp3) is 0.357. The molecular weight excluding hydrogens is 426 g/mol. The van der Waals surface area contributed by atoms with Crippen LogP contribution in [0.5, 0.6) is 0 Å². The monoisotopic (exact) mass is 461 g/mol. The highest BCUT2D eigenvalue weighted by atomic mass is 16.3. The Hall–Kier alpha value is -3.54. The molecule has 2 aromatic carbocycles. The molecule has 1 heterocycles. The summed E-state index contributed by atoms with van der Waals surface area (Å²) in [5.74, 6) is 0.612. The predicted molar refractivity (Wildman–Crippen MR) is 136 cm³/mol. The van der Waals surface area contributed by atoms with E-state index in [1.807, 2.05) is 76.2 Å². The lowest BCUT2D eigenvalue weighted by Crippen LogP contribution is -2.48. The summed E-state index contributed by atoms with van der Waals surface area (Å²) in [5.41, 5.74) is 3.94. The Kier molecular flexibility index (Phi) is 8.91. The Labute approximate surface area is 202 Å². The van der Waals surface area contributed by atoms with E-state index in [4.69, 9.17) is 4.42 Å². The summed E-state index contributed by atoms with van der Waals surface area (Å²) in [6.45, 7) is 8.83. The summed E-state index contributed by atoms with van der Waals surface area (Å²) < 4.78 is 5.51. The summed E-state index contributed by atoms with van der Waals surface area (Å²) >= 11 is 0. The van der Waals surface area contributed by atoms with Gasteiger partial charge in [-0.05, 0) is 62.4 Å². The molecule has 0 saturated heterocycles. The van der Waals surface area contributed by atoms with Crippen molar-refractivity contribution in [2.75, 3.05) is 18.4 Å². The van der Waals surface area contributed by atoms with Crippen LogP contribution in [0.15, 0.2) is 71.3 Å². The third-order valence-electron chi connectivity index (χ3n) is 6.20. The SMILES string of the molecule is CC[C@@H](C)N(CC(=O)N(CCc1ccccc1)Cc1ccco1)C(=O)Nc1c(C)cccc1C. The number of para-hydroxylation sites is 1. The molecule has 1 atom stereocenters. The number of aryl methyl sites for hydroxylation is 2. The van der Waals surface area contributed by atoms with E-state index in [0.717, 1.165) is 41.0 Å². The highest BCUT2D eigenvalue weighted by Gasteiger charge is 2.26. The molecule has 6 heteroatoms. The number of benzene rings is 2. The molecule has 3 rings (SSSR count). The van der Waals surface area contributed by atoms with Gasteiger partial charge in [-0.25, -0.2) is 4.79 Å². The van der Waals surface area contributed by atoms with Crippen molar-refractivity contribution >= 4 is 17.6 Å². The Morgan fingerprint density at radius 2 is 1.68 bits per heavy atom. The van der Waals surface area contributed by atoms with Gasteiger partial charge in [0.05, 0.1) is 12.8 Å². The Balaban J connectivity index is 1.76. The van der Waals surface area contributed by atoms with Crippen molar-refractivity contribution in [1.82, 2.24) is 9.80 Å². The van der Waals surface area contributed by atoms with Crippen molar-refractivity contribution in [2.24, 2.45) is 0 Å². The molecule has 3 amide bonds. The topological polar surface area (TPSA) is 65.8 Å². The van der Waals surface area contributed by atoms with Crippen LogP contribution in [0, 0.1) is 13.8 Å². The Morgan fingerprint density at radius 1 is 0.971 bits per heavy atom. The van der Waals surface area contributed by atoms with E-state index in [9.17, 15) is 9.59 Å². The maximum Gasteiger partial charge on any atom is 0.322 e. The molecule has 0 unspecified atom stereocenters. The van der Waals surface area contributed by atoms with Gasteiger partial charge in [0.2, 0.25) is 5.91 Å². The number of carbonyl (C=O) groups is 2. The fourth-order valence-electron chi connectivity index (χ4n) is 3.88. The molecule has 0 radical (unpaired) electrons. The van der Waals surface area contributed by atoms with Crippen molar-refractivity contribution in [3.63, 3.8) is 0 Å². The first-order chi connectivity index (χ1) is 16.4. The van der Waals surface area contributed by atoms with E-state index >= 15 is 0 Å². The molecule has 0 spiro atoms. The maximum absolute atomic E-state index is 13.5. The van der Waals surface area contributed by atoms with E-state index < -0.39 is 0 Å². The predicted octanol–water partition coefficient (Wildman–Crippen LogP) is 5.80. The minimum Gasteiger partial charge on any atom is -0.467 e. The van der Waals surface area contributed by atoms with Crippen LogP contribution < -0.4 is 5.32 Å². The van der Waals surface area contributed by atoms with Crippen molar-refractivity contribution in [3.05, 3.63) is 89.4 Å². The van der Waals surface area contributed by atoms with Crippen molar-refractivity contribution in [3.8, 4) is 0 Å². The van der Waals surface area contributed by atoms with Crippen molar-refractivity contribution in [2.45, 2.75) is 53.1 Å². The zero-order valence-corrected chi connectivity index (χ0v) is 20.6. The molecular formula is C28H35N3O3. The summed E-state index contributed by atoms with van der Waals surface area (Å²) in [6.07, 6.45) is 3.08. The van der Waals surface area contributed by atoms with E-state index in [1.54, 1.807) is 16.1 Å². The highest BCUT2D eigenvalue weighted by Crippen LogP contribution is 2.21. The van der Waals surface area contributed by atoms with Gasteiger partial charge >= 0.3 is 6.03 Å². The van der Waals surface area contributed by atoms with Crippen molar-refractivity contribution < 1.29 is 14.0 Å². The standard InChI is InChI=1S/C28H35N3O3/c1-5-23(4)31(28(33)29-27-21(2)11-9-12-22(27)3)20-26(32)30(19-25-15-10-18-34-25)17-16-24-13-7-6-8-14-24/h6-15,18,23H,5,16-17,19-20H2,1-4H3,(H,29,33)/t23-/m1/s1. The van der Waals surface area contributed by atoms with Crippen molar-refractivity contribution in [1.29, 1.82) is 0 Å². The lowest BCUT2D eigenvalue weighted by Gasteiger charge is -2.31. The highest BCUT2D eigenvalue weighted by molar-refractivity contribution is 5.93. The number of hydrogen-bond acceptors (Lipinski definition) is 3. The average molecular weight is 462 g/mol. The first-order valence-electron chi connectivity index (χ1n) is 11.9. The fourth-order valence-corrected chi connectivity index (χ4v) is 3.88. The quantitative estimate of drug-likeness (QED) is 0.415. The van der Waals surface area contributed by atoms with Crippen LogP contribution in [0.2, 0.25) is 0 Å². The molecule has 34 heavy (non-hydrogen) atoms. The molecule has 3 aromatic rings. The van der Waals surface area contributed by atoms with Gasteiger partial charge in [0.1, 0.15) is 12.3 Å². The third-order valence-corrected chi connectivity index (χ3v) is 6.20. The zero-order valence-electron chi connectivity index (χ0n) is 20.6. The van der Waals surface area contributed by atoms with E-state index in [1.165, 1.54) is 0 Å². The molecule has 0 bridgehead atoms. The number of carbonyl (C=O) groups excluding carboxylic acids is 2. The molecule has 0 saturated carbocycles. The van der Waals surface area contributed by atoms with Gasteiger partial charge in [-0.2, -0.15) is 0 Å². The number of hydrogen-bond donors (Lipinski definition) is 1. The van der Waals surface area contributed by atoms with E-state index in [0.29, 0.717) is 13.1 Å². The first kappa shape index (κ1) is 25.1. The lowest BCUT2D eigenvalue weighted by molar-refractivity contribution is -0.133. The molecule has 1 N–H and O–H groups in total. The number of nitrogens with one attached hydrogen (secondary N) is 1. The number of amides is 3. The van der Waals surface area contributed by atoms with E-state index in [-0.39, 0.29) is 24.5 Å². The molecule has 180 valence electrons. The second-order valence-corrected chi connectivity index (χ2v) is 8.71. The number of nitrogens with zero attached hydrogens (tertiary/aromatic N) is 2. The van der Waals surface area contributed by atoms with Gasteiger partial charge in [-0.15, -0.1) is 0 Å². The van der Waals surface area contributed by atoms with Gasteiger partial charge in [0.25, 0.3) is 0 Å². The Morgan fingerprint density at radius 3 is 2.29 bits per heavy atom. The summed E-state index contributed by atoms with van der Waals surface area (Å²) in [5, 5.41) is 3.04. The van der Waals surface area contributed by atoms with Gasteiger partial charge in [0.15, 0.2) is 0 Å². The number of anilines is 1. The smallest absolute Gasteiger partial charge is 0.322 e. The molecule has 0 aliphatic heterocycles. The summed E-state index contributed by atoms with van der Waals surface area (Å²) in [4.78, 5) is 30.2. The van der Waals surface area contributed by atoms with Gasteiger partial charge in [0, 0.05) is 18.3 Å². The van der Waals surface area contributed by atoms with Crippen LogP contribution in [-0.4, -0.2) is 40.9 Å². The van der Waals surface area contributed by atoms with Crippen LogP contribution in [-0.2, 0) is 17.8 Å². The van der Waals surface area contributed by atoms with Crippen LogP contribution in [0.25, 0.3) is 0 Å². The van der Waals surface area contributed by atoms with Gasteiger partial charge < -0.3 is 19.5 Å². The van der Waals surface area contributed by atoms with E-state index in [2.05, 4.69) is 17.4 Å². The molecule has 6 nitrogen and oxygen atoms in total. The van der Waals surface area contributed by atoms with Gasteiger partial charge in [-0.1, -0.05) is 55.5 Å². The number of urea groups is 1. The summed E-state index contributed by atoms with van der Waals surface area (Å²) in [7, 11) is 0. The average Bonchev–Trinajstić information content (AvgIpc) is 3.35. The molecule has 0 aliphatic rings. The largest absolute Gasteiger partial charge is 0.467 e. The number of rotatable bonds is 10. The molecule has 0 fully saturated rings. The van der Waals surface area contributed by atoms with Crippen LogP contribution >= 0.6 is 0 Å². The molecule has 0 aliphatic carbocycles. The minimum atomic E-state index is -0.263. The number of furan rings is 1. The Bertz CT molecular complexity index is 1040. The minimum absolute atomic E-state index is 0.00126. The molecule has 1 aromatic heterocycles. The third kappa shape index (κ3) is 6.73. The zero-order chi connectivity index (χ0) is 24.5. The second kappa shape index (κ2) is 12.1. The summed E-state index contributed by atoms with van der Waals surface area (Å²) in [6, 6.07) is 19.3. The van der Waals surface area contributed by atoms with Crippen LogP contribution in [0.1, 0.15) is 42.7 Å². The van der Waals surface area contributed by atoms with Crippen LogP contribution in [0.3, 0.4) is 0 Å². The first-order valence-corrected chi connectivity index (χ1v) is 11.9. The maximum atomic E-state index is 13.5. The normalized spacial score (nSPS) is 11.6. The van der Waals surface area contributed by atoms with Gasteiger partial charge in [-0.3, -0.25) is 4.79 Å². The lowest BCUT2D eigenvalue weighted by atomic mass is 10.1.